The molecule has 8 nitrogen and oxygen atoms in total. The molecule has 0 spiro atoms. The SMILES string of the molecule is O=C(Nc1ccccc1NC(=O)c1ccc2c(Br)c[nH]c2c1)OCC1CCN(c2ccncc2)CC1. The van der Waals surface area contributed by atoms with Crippen molar-refractivity contribution >= 4 is 55.9 Å². The number of carbonyl (C=O) groups excluding carboxylic acids is 2. The number of H-pyrrole nitrogens is 1. The fourth-order valence-electron chi connectivity index (χ4n) is 4.38. The first-order valence-corrected chi connectivity index (χ1v) is 12.6. The molecule has 184 valence electrons. The van der Waals surface area contributed by atoms with E-state index < -0.39 is 6.09 Å². The van der Waals surface area contributed by atoms with E-state index in [0.717, 1.165) is 41.3 Å². The summed E-state index contributed by atoms with van der Waals surface area (Å²) >= 11 is 3.48. The van der Waals surface area contributed by atoms with Crippen LogP contribution in [-0.2, 0) is 4.74 Å². The number of benzene rings is 2. The Morgan fingerprint density at radius 3 is 2.50 bits per heavy atom. The van der Waals surface area contributed by atoms with Gasteiger partial charge in [-0.25, -0.2) is 4.79 Å². The van der Waals surface area contributed by atoms with Gasteiger partial charge >= 0.3 is 6.09 Å². The van der Waals surface area contributed by atoms with Gasteiger partial charge in [-0.05, 0) is 71.1 Å². The maximum absolute atomic E-state index is 12.9. The molecule has 0 bridgehead atoms. The van der Waals surface area contributed by atoms with Crippen LogP contribution in [0, 0.1) is 5.92 Å². The average molecular weight is 548 g/mol. The number of piperidine rings is 1. The van der Waals surface area contributed by atoms with E-state index in [1.807, 2.05) is 24.4 Å². The predicted molar refractivity (Wildman–Crippen MR) is 145 cm³/mol. The maximum atomic E-state index is 12.9. The van der Waals surface area contributed by atoms with E-state index in [0.29, 0.717) is 29.5 Å². The Morgan fingerprint density at radius 1 is 1.03 bits per heavy atom. The van der Waals surface area contributed by atoms with Crippen LogP contribution in [0.5, 0.6) is 0 Å². The highest BCUT2D eigenvalue weighted by Gasteiger charge is 2.21. The summed E-state index contributed by atoms with van der Waals surface area (Å²) in [5.41, 5.74) is 3.51. The second-order valence-corrected chi connectivity index (χ2v) is 9.61. The summed E-state index contributed by atoms with van der Waals surface area (Å²) in [6.07, 6.45) is 6.80. The van der Waals surface area contributed by atoms with Crippen LogP contribution < -0.4 is 15.5 Å². The molecular formula is C27H26BrN5O3. The number of anilines is 3. The van der Waals surface area contributed by atoms with Crippen molar-refractivity contribution in [2.75, 3.05) is 35.2 Å². The molecule has 0 aliphatic carbocycles. The zero-order valence-electron chi connectivity index (χ0n) is 19.5. The van der Waals surface area contributed by atoms with Crippen molar-refractivity contribution in [2.45, 2.75) is 12.8 Å². The molecule has 3 N–H and O–H groups in total. The van der Waals surface area contributed by atoms with Gasteiger partial charge in [0.25, 0.3) is 5.91 Å². The average Bonchev–Trinajstić information content (AvgIpc) is 3.29. The second-order valence-electron chi connectivity index (χ2n) is 8.76. The molecule has 1 aliphatic heterocycles. The standard InChI is InChI=1S/C27H26BrN5O3/c28-22-16-30-25-15-19(5-6-21(22)25)26(34)31-23-3-1-2-4-24(23)32-27(35)36-17-18-9-13-33(14-10-18)20-7-11-29-12-8-20/h1-8,11-12,15-16,18,30H,9-10,13-14,17H2,(H,31,34)(H,32,35). The summed E-state index contributed by atoms with van der Waals surface area (Å²) in [6.45, 7) is 2.19. The van der Waals surface area contributed by atoms with Crippen LogP contribution in [0.4, 0.5) is 21.9 Å². The molecule has 1 aliphatic rings. The quantitative estimate of drug-likeness (QED) is 0.273. The topological polar surface area (TPSA) is 99.4 Å². The van der Waals surface area contributed by atoms with Crippen molar-refractivity contribution < 1.29 is 14.3 Å². The molecule has 5 rings (SSSR count). The van der Waals surface area contributed by atoms with Crippen molar-refractivity contribution in [1.29, 1.82) is 0 Å². The number of carbonyl (C=O) groups is 2. The Morgan fingerprint density at radius 2 is 1.75 bits per heavy atom. The van der Waals surface area contributed by atoms with Crippen LogP contribution in [0.1, 0.15) is 23.2 Å². The van der Waals surface area contributed by atoms with Gasteiger partial charge in [0.15, 0.2) is 0 Å². The maximum Gasteiger partial charge on any atom is 0.411 e. The van der Waals surface area contributed by atoms with Crippen molar-refractivity contribution in [2.24, 2.45) is 5.92 Å². The minimum absolute atomic E-state index is 0.272. The van der Waals surface area contributed by atoms with Gasteiger partial charge in [-0.15, -0.1) is 0 Å². The number of nitrogens with zero attached hydrogens (tertiary/aromatic N) is 2. The third-order valence-corrected chi connectivity index (χ3v) is 7.05. The molecule has 1 fully saturated rings. The van der Waals surface area contributed by atoms with Crippen molar-refractivity contribution in [3.8, 4) is 0 Å². The highest BCUT2D eigenvalue weighted by atomic mass is 79.9. The summed E-state index contributed by atoms with van der Waals surface area (Å²) in [4.78, 5) is 34.9. The van der Waals surface area contributed by atoms with E-state index in [2.05, 4.69) is 41.4 Å². The number of rotatable bonds is 6. The molecule has 2 amide bonds. The lowest BCUT2D eigenvalue weighted by atomic mass is 9.97. The number of nitrogens with one attached hydrogen (secondary N) is 3. The van der Waals surface area contributed by atoms with Crippen LogP contribution >= 0.6 is 15.9 Å². The summed E-state index contributed by atoms with van der Waals surface area (Å²) in [6, 6.07) is 16.5. The number of fused-ring (bicyclic) bond motifs is 1. The van der Waals surface area contributed by atoms with Crippen LogP contribution in [0.2, 0.25) is 0 Å². The lowest BCUT2D eigenvalue weighted by Gasteiger charge is -2.33. The molecule has 3 heterocycles. The largest absolute Gasteiger partial charge is 0.449 e. The van der Waals surface area contributed by atoms with Gasteiger partial charge in [-0.3, -0.25) is 15.1 Å². The Kier molecular flexibility index (Phi) is 7.18. The predicted octanol–water partition coefficient (Wildman–Crippen LogP) is 6.04. The molecule has 9 heteroatoms. The third kappa shape index (κ3) is 5.52. The smallest absolute Gasteiger partial charge is 0.411 e. The number of hydrogen-bond acceptors (Lipinski definition) is 5. The first-order valence-electron chi connectivity index (χ1n) is 11.8. The number of halogens is 1. The molecule has 2 aromatic heterocycles. The van der Waals surface area contributed by atoms with Gasteiger partial charge in [-0.2, -0.15) is 0 Å². The highest BCUT2D eigenvalue weighted by Crippen LogP contribution is 2.27. The van der Waals surface area contributed by atoms with Gasteiger partial charge in [-0.1, -0.05) is 18.2 Å². The number of aromatic amines is 1. The van der Waals surface area contributed by atoms with Crippen LogP contribution in [0.25, 0.3) is 10.9 Å². The summed E-state index contributed by atoms with van der Waals surface area (Å²) < 4.78 is 6.46. The van der Waals surface area contributed by atoms with Crippen LogP contribution in [-0.4, -0.2) is 41.7 Å². The third-order valence-electron chi connectivity index (χ3n) is 6.40. The Labute approximate surface area is 217 Å². The molecule has 0 saturated carbocycles. The molecule has 0 atom stereocenters. The lowest BCUT2D eigenvalue weighted by molar-refractivity contribution is 0.102. The zero-order chi connectivity index (χ0) is 24.9. The van der Waals surface area contributed by atoms with E-state index >= 15 is 0 Å². The number of pyridine rings is 1. The van der Waals surface area contributed by atoms with E-state index in [4.69, 9.17) is 4.74 Å². The number of hydrogen-bond donors (Lipinski definition) is 3. The Bertz CT molecular complexity index is 1370. The fraction of sp³-hybridized carbons (Fsp3) is 0.222. The summed E-state index contributed by atoms with van der Waals surface area (Å²) in [7, 11) is 0. The van der Waals surface area contributed by atoms with Crippen molar-refractivity contribution in [3.05, 3.63) is 83.2 Å². The zero-order valence-corrected chi connectivity index (χ0v) is 21.1. The van der Waals surface area contributed by atoms with E-state index in [1.54, 1.807) is 48.8 Å². The number of aromatic nitrogens is 2. The normalized spacial score (nSPS) is 14.0. The van der Waals surface area contributed by atoms with Crippen molar-refractivity contribution in [1.82, 2.24) is 9.97 Å². The summed E-state index contributed by atoms with van der Waals surface area (Å²) in [5.74, 6) is 0.0397. The van der Waals surface area contributed by atoms with Gasteiger partial charge in [0, 0.05) is 58.3 Å². The Hall–Kier alpha value is -3.85. The Balaban J connectivity index is 1.14. The van der Waals surface area contributed by atoms with Crippen molar-refractivity contribution in [3.63, 3.8) is 0 Å². The monoisotopic (exact) mass is 547 g/mol. The lowest BCUT2D eigenvalue weighted by Crippen LogP contribution is -2.35. The van der Waals surface area contributed by atoms with Crippen LogP contribution in [0.3, 0.4) is 0 Å². The molecule has 0 radical (unpaired) electrons. The minimum atomic E-state index is -0.536. The first kappa shape index (κ1) is 23.9. The molecule has 2 aromatic carbocycles. The van der Waals surface area contributed by atoms with Gasteiger partial charge in [0.1, 0.15) is 0 Å². The van der Waals surface area contributed by atoms with Crippen LogP contribution in [0.15, 0.2) is 77.7 Å². The van der Waals surface area contributed by atoms with Gasteiger partial charge < -0.3 is 19.9 Å². The van der Waals surface area contributed by atoms with Gasteiger partial charge in [0.2, 0.25) is 0 Å². The molecule has 36 heavy (non-hydrogen) atoms. The summed E-state index contributed by atoms with van der Waals surface area (Å²) in [5, 5.41) is 6.65. The fourth-order valence-corrected chi connectivity index (χ4v) is 4.84. The molecule has 1 saturated heterocycles. The second kappa shape index (κ2) is 10.8. The minimum Gasteiger partial charge on any atom is -0.449 e. The number of amides is 2. The number of para-hydroxylation sites is 2. The van der Waals surface area contributed by atoms with E-state index in [-0.39, 0.29) is 5.91 Å². The molecule has 4 aromatic rings. The molecular weight excluding hydrogens is 522 g/mol. The number of ether oxygens (including phenoxy) is 1. The van der Waals surface area contributed by atoms with E-state index in [9.17, 15) is 9.59 Å². The van der Waals surface area contributed by atoms with E-state index in [1.165, 1.54) is 5.69 Å². The molecule has 0 unspecified atom stereocenters. The first-order chi connectivity index (χ1) is 17.6. The highest BCUT2D eigenvalue weighted by molar-refractivity contribution is 9.10. The van der Waals surface area contributed by atoms with Gasteiger partial charge in [0.05, 0.1) is 18.0 Å².